The Morgan fingerprint density at radius 3 is 1.92 bits per heavy atom. The summed E-state index contributed by atoms with van der Waals surface area (Å²) in [4.78, 5) is 13.5. The van der Waals surface area contributed by atoms with Crippen molar-refractivity contribution in [2.24, 2.45) is 0 Å². The Balaban J connectivity index is 1.20. The molecular formula is C49H65ClN4O10Si2. The molecule has 8 rings (SSSR count). The van der Waals surface area contributed by atoms with Gasteiger partial charge in [0, 0.05) is 0 Å². The molecule has 66 heavy (non-hydrogen) atoms. The summed E-state index contributed by atoms with van der Waals surface area (Å²) in [7, 11) is -4.44. The number of fused-ring (bicyclic) bond motifs is 2. The molecule has 3 fully saturated rings. The fourth-order valence-electron chi connectivity index (χ4n) is 9.52. The molecule has 5 aromatic rings. The minimum absolute atomic E-state index is 0.0507. The minimum atomic E-state index is -3.17. The van der Waals surface area contributed by atoms with Crippen LogP contribution in [0, 0.1) is 0 Å². The number of aromatic nitrogens is 4. The summed E-state index contributed by atoms with van der Waals surface area (Å²) in [6.45, 7) is 19.0. The lowest BCUT2D eigenvalue weighted by Gasteiger charge is -2.51. The molecule has 0 bridgehead atoms. The molecule has 0 spiro atoms. The number of hydrogen-bond acceptors (Lipinski definition) is 13. The third-order valence-corrected chi connectivity index (χ3v) is 23.6. The van der Waals surface area contributed by atoms with Crippen molar-refractivity contribution in [2.75, 3.05) is 20.3 Å². The summed E-state index contributed by atoms with van der Waals surface area (Å²) < 4.78 is 71.5. The van der Waals surface area contributed by atoms with Gasteiger partial charge in [0.15, 0.2) is 23.3 Å². The Hall–Kier alpha value is -3.63. The summed E-state index contributed by atoms with van der Waals surface area (Å²) in [5, 5.41) is 0.228. The molecule has 5 heterocycles. The SMILES string of the molecule is COc1ccc(COC2C(OCc3ccccc3)C(COCc3ccccc3)O[C@H]2OC2[C@H]3O[Si](C(C)C)(C(C)C)O[Si](C(C)C)(C(C)C)OC[C@H]3O[C@H]2n2cnc3c(Cl)ncnc32)cc1. The van der Waals surface area contributed by atoms with Crippen LogP contribution < -0.4 is 4.74 Å². The third-order valence-electron chi connectivity index (χ3n) is 13.0. The summed E-state index contributed by atoms with van der Waals surface area (Å²) in [6, 6.07) is 27.9. The molecule has 0 aliphatic carbocycles. The molecule has 14 nitrogen and oxygen atoms in total. The van der Waals surface area contributed by atoms with Gasteiger partial charge in [-0.2, -0.15) is 0 Å². The summed E-state index contributed by atoms with van der Waals surface area (Å²) in [5.41, 5.74) is 4.31. The van der Waals surface area contributed by atoms with E-state index < -0.39 is 66.3 Å². The van der Waals surface area contributed by atoms with E-state index in [1.807, 2.05) is 89.5 Å². The van der Waals surface area contributed by atoms with E-state index in [0.29, 0.717) is 24.4 Å². The Morgan fingerprint density at radius 1 is 0.697 bits per heavy atom. The second-order valence-electron chi connectivity index (χ2n) is 18.6. The van der Waals surface area contributed by atoms with Gasteiger partial charge in [-0.25, -0.2) is 15.0 Å². The molecule has 3 aliphatic heterocycles. The van der Waals surface area contributed by atoms with Crippen LogP contribution in [-0.2, 0) is 61.2 Å². The van der Waals surface area contributed by atoms with Crippen molar-refractivity contribution in [1.29, 1.82) is 0 Å². The first-order chi connectivity index (χ1) is 31.8. The van der Waals surface area contributed by atoms with Crippen LogP contribution in [0.15, 0.2) is 97.6 Å². The van der Waals surface area contributed by atoms with Crippen LogP contribution >= 0.6 is 11.6 Å². The number of imidazole rings is 1. The molecule has 0 saturated carbocycles. The van der Waals surface area contributed by atoms with Crippen molar-refractivity contribution in [3.05, 3.63) is 119 Å². The molecule has 3 saturated heterocycles. The van der Waals surface area contributed by atoms with Gasteiger partial charge in [-0.15, -0.1) is 0 Å². The molecule has 0 amide bonds. The minimum Gasteiger partial charge on any atom is -0.497 e. The molecule has 356 valence electrons. The number of nitrogens with zero attached hydrogens (tertiary/aromatic N) is 4. The van der Waals surface area contributed by atoms with Crippen LogP contribution in [0.5, 0.6) is 5.75 Å². The Morgan fingerprint density at radius 2 is 1.30 bits per heavy atom. The van der Waals surface area contributed by atoms with E-state index in [9.17, 15) is 0 Å². The van der Waals surface area contributed by atoms with E-state index in [2.05, 4.69) is 70.3 Å². The van der Waals surface area contributed by atoms with Crippen molar-refractivity contribution in [3.63, 3.8) is 0 Å². The Bertz CT molecular complexity index is 2290. The Kier molecular flexibility index (Phi) is 15.8. The second-order valence-corrected chi connectivity index (χ2v) is 27.8. The third kappa shape index (κ3) is 10.2. The lowest BCUT2D eigenvalue weighted by Crippen LogP contribution is -2.66. The smallest absolute Gasteiger partial charge is 0.335 e. The van der Waals surface area contributed by atoms with Gasteiger partial charge in [0.2, 0.25) is 0 Å². The van der Waals surface area contributed by atoms with E-state index in [-0.39, 0.29) is 47.1 Å². The zero-order valence-corrected chi connectivity index (χ0v) is 42.2. The van der Waals surface area contributed by atoms with E-state index in [1.165, 1.54) is 6.33 Å². The predicted molar refractivity (Wildman–Crippen MR) is 254 cm³/mol. The largest absolute Gasteiger partial charge is 0.497 e. The number of hydrogen-bond donors (Lipinski definition) is 0. The molecule has 8 atom stereocenters. The average Bonchev–Trinajstić information content (AvgIpc) is 3.98. The monoisotopic (exact) mass is 960 g/mol. The highest BCUT2D eigenvalue weighted by Crippen LogP contribution is 2.50. The fraction of sp³-hybridized carbons (Fsp3) is 0.531. The van der Waals surface area contributed by atoms with Crippen molar-refractivity contribution < 1.29 is 46.1 Å². The van der Waals surface area contributed by atoms with Gasteiger partial charge in [-0.05, 0) is 51.0 Å². The summed E-state index contributed by atoms with van der Waals surface area (Å²) >= 11 is 6.60. The quantitative estimate of drug-likeness (QED) is 0.0610. The standard InChI is InChI=1S/C49H65ClN4O10Si2/c1-31(2)65(32(3)4)59-28-40-43(63-66(64-65,33(5)6)34(7)8)44(48(60-40)54-30-53-41-46(50)51-29-52-47(41)54)62-49-45(58-26-37-20-22-38(55-9)23-21-37)42(57-25-36-18-14-11-15-19-36)39(61-49)27-56-24-35-16-12-10-13-17-35/h10-23,29-34,39-40,42-45,48-49H,24-28H2,1-9H3/t39?,40-,42?,43+,44?,45?,48-,49+/m1/s1. The van der Waals surface area contributed by atoms with Gasteiger partial charge in [-0.1, -0.05) is 140 Å². The number of benzene rings is 3. The van der Waals surface area contributed by atoms with Crippen molar-refractivity contribution in [2.45, 2.75) is 147 Å². The predicted octanol–water partition coefficient (Wildman–Crippen LogP) is 9.84. The molecule has 4 unspecified atom stereocenters. The van der Waals surface area contributed by atoms with Crippen molar-refractivity contribution in [1.82, 2.24) is 19.5 Å². The first-order valence-electron chi connectivity index (χ1n) is 23.2. The topological polar surface area (TPSA) is 136 Å². The average molecular weight is 962 g/mol. The summed E-state index contributed by atoms with van der Waals surface area (Å²) in [6.07, 6.45) is -2.72. The van der Waals surface area contributed by atoms with E-state index in [4.69, 9.17) is 57.7 Å². The van der Waals surface area contributed by atoms with Gasteiger partial charge in [-0.3, -0.25) is 4.57 Å². The van der Waals surface area contributed by atoms with Crippen LogP contribution in [0.25, 0.3) is 11.2 Å². The van der Waals surface area contributed by atoms with E-state index in [0.717, 1.165) is 22.4 Å². The zero-order valence-electron chi connectivity index (χ0n) is 39.5. The molecule has 2 aromatic heterocycles. The molecule has 3 aromatic carbocycles. The van der Waals surface area contributed by atoms with Crippen LogP contribution in [0.3, 0.4) is 0 Å². The van der Waals surface area contributed by atoms with Crippen molar-refractivity contribution >= 4 is 39.9 Å². The highest BCUT2D eigenvalue weighted by molar-refractivity contribution is 6.84. The van der Waals surface area contributed by atoms with Gasteiger partial charge in [0.05, 0.1) is 46.5 Å². The first kappa shape index (κ1) is 48.8. The Labute approximate surface area is 396 Å². The second kappa shape index (κ2) is 21.3. The lowest BCUT2D eigenvalue weighted by molar-refractivity contribution is -0.229. The van der Waals surface area contributed by atoms with Crippen LogP contribution in [0.1, 0.15) is 78.3 Å². The van der Waals surface area contributed by atoms with Gasteiger partial charge in [0.25, 0.3) is 0 Å². The number of ether oxygens (including phenoxy) is 7. The van der Waals surface area contributed by atoms with Gasteiger partial charge in [0.1, 0.15) is 54.2 Å². The molecular weight excluding hydrogens is 896 g/mol. The molecule has 17 heteroatoms. The molecule has 0 N–H and O–H groups in total. The van der Waals surface area contributed by atoms with E-state index >= 15 is 0 Å². The maximum absolute atomic E-state index is 7.69. The number of halogens is 1. The summed E-state index contributed by atoms with van der Waals surface area (Å²) in [5.74, 6) is 0.751. The highest BCUT2D eigenvalue weighted by Gasteiger charge is 2.63. The normalized spacial score (nSPS) is 26.3. The van der Waals surface area contributed by atoms with E-state index in [1.54, 1.807) is 13.4 Å². The maximum atomic E-state index is 7.69. The lowest BCUT2D eigenvalue weighted by atomic mass is 10.1. The van der Waals surface area contributed by atoms with Crippen LogP contribution in [-0.4, -0.2) is 99.9 Å². The first-order valence-corrected chi connectivity index (χ1v) is 27.5. The van der Waals surface area contributed by atoms with Gasteiger partial charge >= 0.3 is 17.1 Å². The molecule has 0 radical (unpaired) electrons. The van der Waals surface area contributed by atoms with Crippen molar-refractivity contribution in [3.8, 4) is 5.75 Å². The maximum Gasteiger partial charge on any atom is 0.335 e. The van der Waals surface area contributed by atoms with Crippen LogP contribution in [0.2, 0.25) is 27.3 Å². The molecule has 3 aliphatic rings. The highest BCUT2D eigenvalue weighted by atomic mass is 35.5. The number of rotatable bonds is 18. The van der Waals surface area contributed by atoms with Crippen LogP contribution in [0.4, 0.5) is 0 Å². The number of methoxy groups -OCH3 is 1. The fourth-order valence-corrected chi connectivity index (χ4v) is 20.9. The van der Waals surface area contributed by atoms with Gasteiger partial charge < -0.3 is 46.1 Å². The zero-order chi connectivity index (χ0) is 46.6.